The molecule has 6 nitrogen and oxygen atoms in total. The quantitative estimate of drug-likeness (QED) is 0.189. The predicted molar refractivity (Wildman–Crippen MR) is 229 cm³/mol. The third-order valence-corrected chi connectivity index (χ3v) is 15.7. The molecule has 56 heavy (non-hydrogen) atoms. The molecule has 2 aromatic heterocycles. The molecule has 2 aromatic carbocycles. The van der Waals surface area contributed by atoms with Gasteiger partial charge in [0.05, 0.1) is 10.8 Å². The molecular formula is C48H56O6S2. The van der Waals surface area contributed by atoms with Gasteiger partial charge in [-0.15, -0.1) is 22.7 Å². The summed E-state index contributed by atoms with van der Waals surface area (Å²) >= 11 is 3.35. The van der Waals surface area contributed by atoms with Crippen molar-refractivity contribution >= 4 is 46.8 Å². The summed E-state index contributed by atoms with van der Waals surface area (Å²) in [6.07, 6.45) is 10.4. The van der Waals surface area contributed by atoms with Crippen LogP contribution >= 0.6 is 22.7 Å². The standard InChI is InChI=1S/2C24H28O3S/c2*1-22(2)8-9-23(3,4)17-12-19-18(11-16(17)22)24(5,14-27-19)20-10-15(13-28-20)6-7-21(25)26/h2*6-7,10-13H,8-9,14H2,1-5H3,(H,25,26). The van der Waals surface area contributed by atoms with Crippen LogP contribution in [0.3, 0.4) is 0 Å². The van der Waals surface area contributed by atoms with E-state index in [-0.39, 0.29) is 32.5 Å². The summed E-state index contributed by atoms with van der Waals surface area (Å²) in [6, 6.07) is 13.6. The Labute approximate surface area is 340 Å². The molecule has 0 saturated carbocycles. The number of thiophene rings is 2. The highest BCUT2D eigenvalue weighted by molar-refractivity contribution is 7.10. The van der Waals surface area contributed by atoms with Gasteiger partial charge in [0.2, 0.25) is 0 Å². The van der Waals surface area contributed by atoms with Crippen LogP contribution in [0.1, 0.15) is 149 Å². The maximum atomic E-state index is 10.8. The Hall–Kier alpha value is -4.14. The maximum Gasteiger partial charge on any atom is 0.328 e. The molecule has 8 rings (SSSR count). The van der Waals surface area contributed by atoms with Crippen LogP contribution in [0.2, 0.25) is 0 Å². The van der Waals surface area contributed by atoms with E-state index in [0.29, 0.717) is 13.2 Å². The molecule has 2 N–H and O–H groups in total. The average molecular weight is 793 g/mol. The largest absolute Gasteiger partial charge is 0.492 e. The smallest absolute Gasteiger partial charge is 0.328 e. The Morgan fingerprint density at radius 1 is 0.518 bits per heavy atom. The number of fused-ring (bicyclic) bond motifs is 4. The number of hydrogen-bond donors (Lipinski definition) is 2. The molecule has 2 aliphatic carbocycles. The Bertz CT molecular complexity index is 2120. The van der Waals surface area contributed by atoms with Crippen LogP contribution in [0, 0.1) is 0 Å². The Kier molecular flexibility index (Phi) is 9.85. The molecule has 2 atom stereocenters. The number of hydrogen-bond acceptors (Lipinski definition) is 6. The van der Waals surface area contributed by atoms with E-state index in [9.17, 15) is 9.59 Å². The number of ether oxygens (including phenoxy) is 2. The highest BCUT2D eigenvalue weighted by Crippen LogP contribution is 2.54. The normalized spacial score (nSPS) is 24.6. The van der Waals surface area contributed by atoms with Crippen molar-refractivity contribution in [1.82, 2.24) is 0 Å². The number of carbonyl (C=O) groups is 2. The molecule has 0 spiro atoms. The molecule has 8 heteroatoms. The minimum absolute atomic E-state index is 0.161. The summed E-state index contributed by atoms with van der Waals surface area (Å²) in [6.45, 7) is 24.4. The zero-order valence-electron chi connectivity index (χ0n) is 34.5. The molecule has 0 fully saturated rings. The molecule has 2 aliphatic heterocycles. The van der Waals surface area contributed by atoms with Gasteiger partial charge in [-0.1, -0.05) is 67.5 Å². The molecule has 4 aromatic rings. The van der Waals surface area contributed by atoms with Gasteiger partial charge in [-0.3, -0.25) is 0 Å². The summed E-state index contributed by atoms with van der Waals surface area (Å²) in [7, 11) is 0. The van der Waals surface area contributed by atoms with Gasteiger partial charge in [0.15, 0.2) is 0 Å². The third-order valence-electron chi connectivity index (χ3n) is 13.3. The van der Waals surface area contributed by atoms with E-state index in [4.69, 9.17) is 19.7 Å². The monoisotopic (exact) mass is 792 g/mol. The summed E-state index contributed by atoms with van der Waals surface area (Å²) in [4.78, 5) is 24.0. The second kappa shape index (κ2) is 13.8. The molecule has 0 radical (unpaired) electrons. The van der Waals surface area contributed by atoms with Gasteiger partial charge in [0.25, 0.3) is 0 Å². The number of benzene rings is 2. The Morgan fingerprint density at radius 2 is 0.839 bits per heavy atom. The van der Waals surface area contributed by atoms with Gasteiger partial charge in [-0.05, 0) is 142 Å². The van der Waals surface area contributed by atoms with E-state index < -0.39 is 11.9 Å². The van der Waals surface area contributed by atoms with E-state index in [1.54, 1.807) is 34.8 Å². The molecule has 0 bridgehead atoms. The van der Waals surface area contributed by atoms with Gasteiger partial charge in [-0.25, -0.2) is 9.59 Å². The highest BCUT2D eigenvalue weighted by Gasteiger charge is 2.46. The van der Waals surface area contributed by atoms with Crippen molar-refractivity contribution < 1.29 is 29.3 Å². The van der Waals surface area contributed by atoms with Crippen LogP contribution in [0.15, 0.2) is 59.3 Å². The van der Waals surface area contributed by atoms with E-state index in [1.165, 1.54) is 81.0 Å². The molecule has 4 heterocycles. The second-order valence-corrected chi connectivity index (χ2v) is 21.2. The zero-order valence-corrected chi connectivity index (χ0v) is 36.1. The van der Waals surface area contributed by atoms with Gasteiger partial charge in [0, 0.05) is 33.0 Å². The van der Waals surface area contributed by atoms with Gasteiger partial charge in [0.1, 0.15) is 24.7 Å². The topological polar surface area (TPSA) is 93.1 Å². The minimum atomic E-state index is -0.926. The first kappa shape index (κ1) is 40.1. The zero-order chi connectivity index (χ0) is 40.6. The van der Waals surface area contributed by atoms with Gasteiger partial charge >= 0.3 is 11.9 Å². The summed E-state index contributed by atoms with van der Waals surface area (Å²) in [5.74, 6) is 0.154. The fourth-order valence-electron chi connectivity index (χ4n) is 9.09. The number of carboxylic acids is 2. The predicted octanol–water partition coefficient (Wildman–Crippen LogP) is 11.8. The number of carboxylic acid groups (broad SMARTS) is 2. The minimum Gasteiger partial charge on any atom is -0.492 e. The lowest BCUT2D eigenvalue weighted by Gasteiger charge is -2.42. The van der Waals surface area contributed by atoms with Crippen LogP contribution in [-0.4, -0.2) is 35.4 Å². The van der Waals surface area contributed by atoms with E-state index in [0.717, 1.165) is 22.6 Å². The fourth-order valence-corrected chi connectivity index (χ4v) is 11.2. The van der Waals surface area contributed by atoms with Crippen molar-refractivity contribution in [2.24, 2.45) is 0 Å². The summed E-state index contributed by atoms with van der Waals surface area (Å²) in [5, 5.41) is 21.8. The van der Waals surface area contributed by atoms with E-state index >= 15 is 0 Å². The van der Waals surface area contributed by atoms with E-state index in [1.807, 2.05) is 10.8 Å². The lowest BCUT2D eigenvalue weighted by molar-refractivity contribution is -0.132. The summed E-state index contributed by atoms with van der Waals surface area (Å²) in [5.41, 5.74) is 10.3. The van der Waals surface area contributed by atoms with Crippen LogP contribution in [0.4, 0.5) is 0 Å². The SMILES string of the molecule is CC1(C)CCC(C)(C)c2cc3c(cc21)OCC3(C)c1cc(C=CC(=O)O)cs1.CC1(C)CCC(C)(C)c2cc3c(cc21)OCC3(C)c1cc(C=CC(=O)O)cs1. The Balaban J connectivity index is 0.000000172. The average Bonchev–Trinajstić information content (AvgIpc) is 3.94. The van der Waals surface area contributed by atoms with Crippen LogP contribution in [-0.2, 0) is 42.1 Å². The molecule has 296 valence electrons. The van der Waals surface area contributed by atoms with Crippen molar-refractivity contribution in [3.8, 4) is 11.5 Å². The fraction of sp³-hybridized carbons (Fsp3) is 0.458. The first-order chi connectivity index (χ1) is 26.1. The number of aliphatic carboxylic acids is 2. The lowest BCUT2D eigenvalue weighted by atomic mass is 9.62. The van der Waals surface area contributed by atoms with Crippen molar-refractivity contribution in [2.45, 2.75) is 127 Å². The van der Waals surface area contributed by atoms with Crippen molar-refractivity contribution in [2.75, 3.05) is 13.2 Å². The Morgan fingerprint density at radius 3 is 1.16 bits per heavy atom. The summed E-state index contributed by atoms with van der Waals surface area (Å²) < 4.78 is 12.4. The third kappa shape index (κ3) is 7.06. The maximum absolute atomic E-state index is 10.8. The molecule has 2 unspecified atom stereocenters. The van der Waals surface area contributed by atoms with Crippen molar-refractivity contribution in [3.63, 3.8) is 0 Å². The first-order valence-corrected chi connectivity index (χ1v) is 21.5. The van der Waals surface area contributed by atoms with E-state index in [2.05, 4.69) is 106 Å². The lowest BCUT2D eigenvalue weighted by Crippen LogP contribution is -2.34. The highest BCUT2D eigenvalue weighted by atomic mass is 32.1. The molecule has 0 saturated heterocycles. The van der Waals surface area contributed by atoms with Gasteiger partial charge < -0.3 is 19.7 Å². The van der Waals surface area contributed by atoms with Crippen molar-refractivity contribution in [3.05, 3.63) is 114 Å². The van der Waals surface area contributed by atoms with Crippen LogP contribution in [0.5, 0.6) is 11.5 Å². The first-order valence-electron chi connectivity index (χ1n) is 19.7. The van der Waals surface area contributed by atoms with Crippen molar-refractivity contribution in [1.29, 1.82) is 0 Å². The molecule has 4 aliphatic rings. The number of rotatable bonds is 6. The van der Waals surface area contributed by atoms with Crippen LogP contribution < -0.4 is 9.47 Å². The van der Waals surface area contributed by atoms with Gasteiger partial charge in [-0.2, -0.15) is 0 Å². The molecule has 0 amide bonds. The molecular weight excluding hydrogens is 737 g/mol. The van der Waals surface area contributed by atoms with Crippen LogP contribution in [0.25, 0.3) is 12.2 Å². The second-order valence-electron chi connectivity index (χ2n) is 19.4.